The molecule has 0 spiro atoms. The van der Waals surface area contributed by atoms with Crippen LogP contribution in [0, 0.1) is 0 Å². The number of amides is 1. The molecule has 2 rings (SSSR count). The molecule has 1 aliphatic rings. The van der Waals surface area contributed by atoms with Crippen LogP contribution in [0.4, 0.5) is 5.69 Å². The molecule has 0 radical (unpaired) electrons. The highest BCUT2D eigenvalue weighted by atomic mass is 16.5. The SMILES string of the molecule is CCOC(=O)CN1CCC(C(=O)OC)(N(C(=O)CC)c2ccccc2)CC1. The highest BCUT2D eigenvalue weighted by Crippen LogP contribution is 2.35. The summed E-state index contributed by atoms with van der Waals surface area (Å²) in [4.78, 5) is 40.9. The van der Waals surface area contributed by atoms with E-state index >= 15 is 0 Å². The minimum atomic E-state index is -1.08. The van der Waals surface area contributed by atoms with Crippen LogP contribution < -0.4 is 4.90 Å². The smallest absolute Gasteiger partial charge is 0.332 e. The third-order valence-corrected chi connectivity index (χ3v) is 4.90. The van der Waals surface area contributed by atoms with Crippen LogP contribution in [0.25, 0.3) is 0 Å². The van der Waals surface area contributed by atoms with Crippen molar-refractivity contribution in [1.82, 2.24) is 4.90 Å². The number of hydrogen-bond donors (Lipinski definition) is 0. The Balaban J connectivity index is 2.30. The van der Waals surface area contributed by atoms with Gasteiger partial charge < -0.3 is 9.47 Å². The Labute approximate surface area is 160 Å². The molecule has 0 aliphatic carbocycles. The molecule has 27 heavy (non-hydrogen) atoms. The number of piperidine rings is 1. The first-order valence-electron chi connectivity index (χ1n) is 9.33. The molecule has 1 aromatic carbocycles. The zero-order valence-electron chi connectivity index (χ0n) is 16.3. The summed E-state index contributed by atoms with van der Waals surface area (Å²) in [5.74, 6) is -0.845. The summed E-state index contributed by atoms with van der Waals surface area (Å²) < 4.78 is 10.1. The van der Waals surface area contributed by atoms with Gasteiger partial charge >= 0.3 is 11.9 Å². The lowest BCUT2D eigenvalue weighted by Crippen LogP contribution is -2.63. The van der Waals surface area contributed by atoms with Gasteiger partial charge in [-0.3, -0.25) is 19.4 Å². The average molecular weight is 376 g/mol. The first kappa shape index (κ1) is 20.9. The van der Waals surface area contributed by atoms with Crippen molar-refractivity contribution < 1.29 is 23.9 Å². The second kappa shape index (κ2) is 9.50. The van der Waals surface area contributed by atoms with Crippen LogP contribution in [0.2, 0.25) is 0 Å². The number of likely N-dealkylation sites (tertiary alicyclic amines) is 1. The predicted octanol–water partition coefficient (Wildman–Crippen LogP) is 2.00. The van der Waals surface area contributed by atoms with E-state index in [0.717, 1.165) is 0 Å². The van der Waals surface area contributed by atoms with Crippen molar-refractivity contribution >= 4 is 23.5 Å². The van der Waals surface area contributed by atoms with Gasteiger partial charge in [0.15, 0.2) is 0 Å². The van der Waals surface area contributed by atoms with Crippen LogP contribution >= 0.6 is 0 Å². The van der Waals surface area contributed by atoms with Gasteiger partial charge in [0.05, 0.1) is 20.3 Å². The second-order valence-electron chi connectivity index (χ2n) is 6.52. The topological polar surface area (TPSA) is 76.2 Å². The zero-order valence-corrected chi connectivity index (χ0v) is 16.3. The minimum Gasteiger partial charge on any atom is -0.467 e. The maximum atomic E-state index is 12.8. The third-order valence-electron chi connectivity index (χ3n) is 4.90. The van der Waals surface area contributed by atoms with Crippen molar-refractivity contribution in [1.29, 1.82) is 0 Å². The number of anilines is 1. The summed E-state index contributed by atoms with van der Waals surface area (Å²) in [6.07, 6.45) is 1.06. The van der Waals surface area contributed by atoms with Crippen LogP contribution in [0.5, 0.6) is 0 Å². The quantitative estimate of drug-likeness (QED) is 0.678. The Morgan fingerprint density at radius 1 is 1.11 bits per heavy atom. The van der Waals surface area contributed by atoms with Gasteiger partial charge in [-0.25, -0.2) is 4.79 Å². The van der Waals surface area contributed by atoms with E-state index in [-0.39, 0.29) is 24.8 Å². The fourth-order valence-electron chi connectivity index (χ4n) is 3.54. The van der Waals surface area contributed by atoms with Gasteiger partial charge in [-0.05, 0) is 31.9 Å². The molecule has 1 saturated heterocycles. The van der Waals surface area contributed by atoms with Crippen LogP contribution in [0.1, 0.15) is 33.1 Å². The van der Waals surface area contributed by atoms with Gasteiger partial charge in [0, 0.05) is 25.2 Å². The highest BCUT2D eigenvalue weighted by molar-refractivity contribution is 6.02. The van der Waals surface area contributed by atoms with Crippen molar-refractivity contribution in [2.24, 2.45) is 0 Å². The molecule has 0 atom stereocenters. The van der Waals surface area contributed by atoms with Gasteiger partial charge in [0.1, 0.15) is 5.54 Å². The lowest BCUT2D eigenvalue weighted by Gasteiger charge is -2.46. The molecule has 1 heterocycles. The summed E-state index contributed by atoms with van der Waals surface area (Å²) >= 11 is 0. The van der Waals surface area contributed by atoms with E-state index in [1.807, 2.05) is 35.2 Å². The van der Waals surface area contributed by atoms with Crippen LogP contribution in [-0.2, 0) is 23.9 Å². The highest BCUT2D eigenvalue weighted by Gasteiger charge is 2.49. The van der Waals surface area contributed by atoms with Crippen molar-refractivity contribution in [3.63, 3.8) is 0 Å². The predicted molar refractivity (Wildman–Crippen MR) is 101 cm³/mol. The summed E-state index contributed by atoms with van der Waals surface area (Å²) in [5.41, 5.74) is -0.400. The van der Waals surface area contributed by atoms with E-state index in [1.54, 1.807) is 18.7 Å². The normalized spacial score (nSPS) is 16.4. The van der Waals surface area contributed by atoms with E-state index in [0.29, 0.717) is 38.2 Å². The van der Waals surface area contributed by atoms with E-state index in [2.05, 4.69) is 0 Å². The molecule has 1 aromatic rings. The standard InChI is InChI=1S/C20H28N2O5/c1-4-17(23)22(16-9-7-6-8-10-16)20(19(25)26-3)11-13-21(14-12-20)15-18(24)27-5-2/h6-10H,4-5,11-15H2,1-3H3. The number of carbonyl (C=O) groups is 3. The zero-order chi connectivity index (χ0) is 19.9. The Morgan fingerprint density at radius 3 is 2.26 bits per heavy atom. The molecule has 1 aliphatic heterocycles. The molecule has 0 N–H and O–H groups in total. The van der Waals surface area contributed by atoms with Gasteiger partial charge in [-0.2, -0.15) is 0 Å². The van der Waals surface area contributed by atoms with Crippen LogP contribution in [0.3, 0.4) is 0 Å². The molecule has 1 amide bonds. The fraction of sp³-hybridized carbons (Fsp3) is 0.550. The van der Waals surface area contributed by atoms with Gasteiger partial charge in [0.25, 0.3) is 0 Å². The summed E-state index contributed by atoms with van der Waals surface area (Å²) in [6, 6.07) is 9.19. The van der Waals surface area contributed by atoms with Crippen molar-refractivity contribution in [3.05, 3.63) is 30.3 Å². The lowest BCUT2D eigenvalue weighted by molar-refractivity contribution is -0.151. The lowest BCUT2D eigenvalue weighted by atomic mass is 9.84. The number of nitrogens with zero attached hydrogens (tertiary/aromatic N) is 2. The van der Waals surface area contributed by atoms with E-state index in [1.165, 1.54) is 7.11 Å². The molecule has 1 fully saturated rings. The molecular formula is C20H28N2O5. The van der Waals surface area contributed by atoms with E-state index in [9.17, 15) is 14.4 Å². The number of methoxy groups -OCH3 is 1. The number of esters is 2. The van der Waals surface area contributed by atoms with Gasteiger partial charge in [-0.1, -0.05) is 25.1 Å². The average Bonchev–Trinajstić information content (AvgIpc) is 2.69. The monoisotopic (exact) mass is 376 g/mol. The molecule has 0 saturated carbocycles. The third kappa shape index (κ3) is 4.66. The van der Waals surface area contributed by atoms with Crippen molar-refractivity contribution in [3.8, 4) is 0 Å². The summed E-state index contributed by atoms with van der Waals surface area (Å²) in [7, 11) is 1.34. The van der Waals surface area contributed by atoms with Crippen molar-refractivity contribution in [2.45, 2.75) is 38.6 Å². The molecule has 0 aromatic heterocycles. The number of hydrogen-bond acceptors (Lipinski definition) is 6. The molecule has 7 nitrogen and oxygen atoms in total. The van der Waals surface area contributed by atoms with Crippen LogP contribution in [-0.4, -0.2) is 61.6 Å². The Bertz CT molecular complexity index is 654. The number of carbonyl (C=O) groups excluding carboxylic acids is 3. The van der Waals surface area contributed by atoms with Gasteiger partial charge in [-0.15, -0.1) is 0 Å². The molecule has 0 bridgehead atoms. The largest absolute Gasteiger partial charge is 0.467 e. The van der Waals surface area contributed by atoms with Gasteiger partial charge in [0.2, 0.25) is 5.91 Å². The van der Waals surface area contributed by atoms with E-state index < -0.39 is 11.5 Å². The molecular weight excluding hydrogens is 348 g/mol. The van der Waals surface area contributed by atoms with Crippen molar-refractivity contribution in [2.75, 3.05) is 38.3 Å². The Morgan fingerprint density at radius 2 is 1.74 bits per heavy atom. The number of rotatable bonds is 7. The summed E-state index contributed by atoms with van der Waals surface area (Å²) in [5, 5.41) is 0. The number of ether oxygens (including phenoxy) is 2. The molecule has 0 unspecified atom stereocenters. The van der Waals surface area contributed by atoms with E-state index in [4.69, 9.17) is 9.47 Å². The Kier molecular flexibility index (Phi) is 7.36. The second-order valence-corrected chi connectivity index (χ2v) is 6.52. The maximum absolute atomic E-state index is 12.8. The number of para-hydroxylation sites is 1. The first-order valence-corrected chi connectivity index (χ1v) is 9.33. The Hall–Kier alpha value is -2.41. The minimum absolute atomic E-state index is 0.134. The fourth-order valence-corrected chi connectivity index (χ4v) is 3.54. The molecule has 7 heteroatoms. The van der Waals surface area contributed by atoms with Crippen LogP contribution in [0.15, 0.2) is 30.3 Å². The summed E-state index contributed by atoms with van der Waals surface area (Å²) in [6.45, 7) is 5.05. The maximum Gasteiger partial charge on any atom is 0.332 e. The first-order chi connectivity index (χ1) is 13.0. The number of benzene rings is 1. The molecule has 148 valence electrons.